The molecule has 0 saturated heterocycles. The number of hydrogen-bond acceptors (Lipinski definition) is 3. The van der Waals surface area contributed by atoms with Gasteiger partial charge in [-0.05, 0) is 57.8 Å². The summed E-state index contributed by atoms with van der Waals surface area (Å²) in [5, 5.41) is 25.2. The van der Waals surface area contributed by atoms with Crippen LogP contribution in [-0.4, -0.2) is 79.7 Å². The molecule has 0 radical (unpaired) electrons. The molecule has 0 aliphatic heterocycles. The Labute approximate surface area is 398 Å². The monoisotopic (exact) mass is 888 g/mol. The van der Waals surface area contributed by atoms with Crippen molar-refractivity contribution < 1.29 is 28.5 Å². The lowest BCUT2D eigenvalue weighted by atomic mass is 10.1. The van der Waals surface area contributed by atoms with Crippen molar-refractivity contribution in [1.82, 2.24) is 0 Å². The minimum absolute atomic E-state index is 1.22. The maximum absolute atomic E-state index is 8.42. The fraction of sp³-hybridized carbons (Fsp3) is 0.684. The van der Waals surface area contributed by atoms with Crippen LogP contribution in [0.5, 0.6) is 0 Å². The Balaban J connectivity index is 0.000000891. The largest absolute Gasteiger partial charge is 0.907 e. The van der Waals surface area contributed by atoms with Crippen LogP contribution >= 0.6 is 0 Å². The van der Waals surface area contributed by atoms with Gasteiger partial charge in [0.2, 0.25) is 0 Å². The van der Waals surface area contributed by atoms with Gasteiger partial charge >= 0.3 is 0 Å². The van der Waals surface area contributed by atoms with Gasteiger partial charge in [0.1, 0.15) is 19.6 Å². The summed E-state index contributed by atoms with van der Waals surface area (Å²) >= 11 is 0. The van der Waals surface area contributed by atoms with E-state index in [0.29, 0.717) is 0 Å². The third-order valence-corrected chi connectivity index (χ3v) is 13.0. The number of quaternary nitrogens is 3. The van der Waals surface area contributed by atoms with Crippen LogP contribution in [0.15, 0.2) is 91.0 Å². The van der Waals surface area contributed by atoms with Gasteiger partial charge in [0.15, 0.2) is 0 Å². The molecular formula is C57H102BN3O3. The zero-order chi connectivity index (χ0) is 47.6. The molecule has 3 aromatic carbocycles. The quantitative estimate of drug-likeness (QED) is 0.0452. The van der Waals surface area contributed by atoms with E-state index in [-0.39, 0.29) is 0 Å². The second kappa shape index (κ2) is 40.7. The predicted molar refractivity (Wildman–Crippen MR) is 275 cm³/mol. The van der Waals surface area contributed by atoms with Gasteiger partial charge in [-0.2, -0.15) is 0 Å². The van der Waals surface area contributed by atoms with Crippen molar-refractivity contribution in [3.05, 3.63) is 108 Å². The first-order chi connectivity index (χ1) is 31.0. The van der Waals surface area contributed by atoms with E-state index in [1.54, 1.807) is 0 Å². The molecule has 0 saturated carbocycles. The first-order valence-electron chi connectivity index (χ1n) is 26.7. The molecule has 64 heavy (non-hydrogen) atoms. The van der Waals surface area contributed by atoms with Gasteiger partial charge in [-0.25, -0.2) is 0 Å². The van der Waals surface area contributed by atoms with Gasteiger partial charge in [0.25, 0.3) is 0 Å². The van der Waals surface area contributed by atoms with Crippen molar-refractivity contribution in [1.29, 1.82) is 0 Å². The fourth-order valence-electron chi connectivity index (χ4n) is 9.07. The third kappa shape index (κ3) is 30.6. The molecule has 366 valence electrons. The molecule has 3 rings (SSSR count). The minimum atomic E-state index is -2.92. The highest BCUT2D eigenvalue weighted by molar-refractivity contribution is 6.24. The molecular weight excluding hydrogens is 785 g/mol. The zero-order valence-corrected chi connectivity index (χ0v) is 43.5. The van der Waals surface area contributed by atoms with Crippen LogP contribution in [0.1, 0.15) is 195 Å². The summed E-state index contributed by atoms with van der Waals surface area (Å²) in [5.41, 5.74) is 4.53. The van der Waals surface area contributed by atoms with Gasteiger partial charge in [0.05, 0.1) is 58.9 Å². The van der Waals surface area contributed by atoms with E-state index < -0.39 is 7.32 Å². The molecule has 0 aliphatic rings. The van der Waals surface area contributed by atoms with Crippen LogP contribution in [0.4, 0.5) is 0 Å². The Morgan fingerprint density at radius 3 is 0.547 bits per heavy atom. The molecule has 0 heterocycles. The van der Waals surface area contributed by atoms with Crippen LogP contribution in [0.25, 0.3) is 0 Å². The molecule has 6 nitrogen and oxygen atoms in total. The van der Waals surface area contributed by atoms with Crippen LogP contribution in [0.3, 0.4) is 0 Å². The number of rotatable bonds is 33. The second-order valence-electron chi connectivity index (χ2n) is 18.9. The van der Waals surface area contributed by atoms with Crippen molar-refractivity contribution in [2.75, 3.05) is 58.9 Å². The molecule has 0 aromatic heterocycles. The van der Waals surface area contributed by atoms with Crippen molar-refractivity contribution in [3.63, 3.8) is 0 Å². The number of unbranched alkanes of at least 4 members (excludes halogenated alkanes) is 9. The molecule has 0 unspecified atom stereocenters. The van der Waals surface area contributed by atoms with Crippen LogP contribution in [0.2, 0.25) is 0 Å². The summed E-state index contributed by atoms with van der Waals surface area (Å²) in [7, 11) is -2.92. The van der Waals surface area contributed by atoms with Crippen LogP contribution in [0, 0.1) is 0 Å². The van der Waals surface area contributed by atoms with E-state index in [2.05, 4.69) is 153 Å². The lowest BCUT2D eigenvalue weighted by molar-refractivity contribution is -0.941. The molecule has 0 atom stereocenters. The van der Waals surface area contributed by atoms with Crippen molar-refractivity contribution in [2.24, 2.45) is 0 Å². The Morgan fingerprint density at radius 2 is 0.422 bits per heavy atom. The maximum Gasteiger partial charge on any atom is 0.104 e. The lowest BCUT2D eigenvalue weighted by Crippen LogP contribution is -2.56. The van der Waals surface area contributed by atoms with Gasteiger partial charge in [0, 0.05) is 16.7 Å². The highest BCUT2D eigenvalue weighted by Crippen LogP contribution is 2.22. The fourth-order valence-corrected chi connectivity index (χ4v) is 9.07. The molecule has 0 fully saturated rings. The predicted octanol–water partition coefficient (Wildman–Crippen LogP) is 12.3. The molecule has 0 bridgehead atoms. The average molecular weight is 888 g/mol. The zero-order valence-electron chi connectivity index (χ0n) is 43.5. The first-order valence-corrected chi connectivity index (χ1v) is 26.7. The van der Waals surface area contributed by atoms with E-state index in [4.69, 9.17) is 15.1 Å². The molecule has 0 N–H and O–H groups in total. The van der Waals surface area contributed by atoms with Crippen LogP contribution in [-0.2, 0) is 19.6 Å². The molecule has 7 heteroatoms. The van der Waals surface area contributed by atoms with E-state index in [1.165, 1.54) is 224 Å². The van der Waals surface area contributed by atoms with Gasteiger partial charge in [-0.15, -0.1) is 0 Å². The summed E-state index contributed by atoms with van der Waals surface area (Å²) < 4.78 is 3.92. The Bertz CT molecular complexity index is 1160. The smallest absolute Gasteiger partial charge is 0.104 e. The Hall–Kier alpha value is -2.52. The number of benzene rings is 3. The van der Waals surface area contributed by atoms with Gasteiger partial charge in [-0.1, -0.05) is 211 Å². The van der Waals surface area contributed by atoms with E-state index in [1.807, 2.05) is 0 Å². The maximum atomic E-state index is 8.42. The van der Waals surface area contributed by atoms with Gasteiger partial charge < -0.3 is 28.5 Å². The van der Waals surface area contributed by atoms with E-state index in [0.717, 1.165) is 0 Å². The highest BCUT2D eigenvalue weighted by Gasteiger charge is 2.28. The Kier molecular flexibility index (Phi) is 39.1. The molecule has 0 aliphatic carbocycles. The van der Waals surface area contributed by atoms with Crippen molar-refractivity contribution >= 4 is 7.32 Å². The SMILES string of the molecule is CCCC[N+](CCCC)(CCCC)Cc1ccccc1.CCCC[N+](CCCC)(CCCC)Cc1ccccc1.CCCC[N+](CCCC)(CCCC)Cc1ccccc1.[O-]B([O-])[O-]. The topological polar surface area (TPSA) is 69.2 Å². The van der Waals surface area contributed by atoms with Crippen molar-refractivity contribution in [3.8, 4) is 0 Å². The molecule has 3 aromatic rings. The molecule has 0 spiro atoms. The average Bonchev–Trinajstić information content (AvgIpc) is 3.31. The summed E-state index contributed by atoms with van der Waals surface area (Å²) in [6.45, 7) is 36.7. The Morgan fingerprint density at radius 1 is 0.281 bits per heavy atom. The normalized spacial score (nSPS) is 11.4. The van der Waals surface area contributed by atoms with E-state index in [9.17, 15) is 0 Å². The van der Waals surface area contributed by atoms with Gasteiger partial charge in [-0.3, -0.25) is 7.32 Å². The highest BCUT2D eigenvalue weighted by atomic mass is 16.5. The van der Waals surface area contributed by atoms with Crippen LogP contribution < -0.4 is 15.1 Å². The second-order valence-corrected chi connectivity index (χ2v) is 18.9. The number of nitrogens with zero attached hydrogens (tertiary/aromatic N) is 3. The summed E-state index contributed by atoms with van der Waals surface area (Å²) in [5.74, 6) is 0. The van der Waals surface area contributed by atoms with Crippen molar-refractivity contribution in [2.45, 2.75) is 198 Å². The standard InChI is InChI=1S/3C19H34N.BO3/c3*1-4-7-15-20(16-8-5-2,17-9-6-3)18-19-13-11-10-12-14-19;2-1(3)4/h3*10-14H,4-9,15-18H2,1-3H3;/q3*+1;-3. The molecule has 0 amide bonds. The number of hydrogen-bond donors (Lipinski definition) is 0. The summed E-state index contributed by atoms with van der Waals surface area (Å²) in [6, 6.07) is 33.3. The lowest BCUT2D eigenvalue weighted by Gasteiger charge is -2.39. The summed E-state index contributed by atoms with van der Waals surface area (Å²) in [4.78, 5) is 0. The first kappa shape index (κ1) is 61.5. The third-order valence-electron chi connectivity index (χ3n) is 13.0. The minimum Gasteiger partial charge on any atom is -0.907 e. The van der Waals surface area contributed by atoms with E-state index >= 15 is 0 Å². The summed E-state index contributed by atoms with van der Waals surface area (Å²) in [6.07, 6.45) is 24.1.